The Balaban J connectivity index is 0.000000257. The SMILES string of the molecule is CCOC(=O)c1csc([N+](=O)[O-])c1Br.COC(=O)c1csc([N+](=O)[O-])c1SCc1ccccc1. The predicted molar refractivity (Wildman–Crippen MR) is 133 cm³/mol. The first-order chi connectivity index (χ1) is 16.2. The van der Waals surface area contributed by atoms with Crippen molar-refractivity contribution in [2.24, 2.45) is 0 Å². The molecule has 0 unspecified atom stereocenters. The molecule has 0 bridgehead atoms. The molecule has 2 heterocycles. The first kappa shape index (κ1) is 27.4. The summed E-state index contributed by atoms with van der Waals surface area (Å²) in [6.07, 6.45) is 0. The third-order valence-electron chi connectivity index (χ3n) is 3.90. The first-order valence-electron chi connectivity index (χ1n) is 9.30. The molecule has 0 N–H and O–H groups in total. The molecule has 3 aromatic rings. The fourth-order valence-electron chi connectivity index (χ4n) is 2.39. The molecule has 0 fully saturated rings. The van der Waals surface area contributed by atoms with E-state index in [1.54, 1.807) is 6.92 Å². The summed E-state index contributed by atoms with van der Waals surface area (Å²) in [6.45, 7) is 1.92. The molecular weight excluding hydrogens is 572 g/mol. The smallest absolute Gasteiger partial charge is 0.340 e. The van der Waals surface area contributed by atoms with E-state index < -0.39 is 21.8 Å². The number of esters is 2. The maximum atomic E-state index is 11.6. The third kappa shape index (κ3) is 7.09. The number of hydrogen-bond donors (Lipinski definition) is 0. The van der Waals surface area contributed by atoms with Crippen LogP contribution >= 0.6 is 50.4 Å². The fourth-order valence-corrected chi connectivity index (χ4v) is 6.12. The molecule has 0 aliphatic rings. The molecule has 0 aliphatic carbocycles. The van der Waals surface area contributed by atoms with Gasteiger partial charge in [-0.15, -0.1) is 11.8 Å². The number of benzene rings is 1. The summed E-state index contributed by atoms with van der Waals surface area (Å²) in [5.41, 5.74) is 1.49. The van der Waals surface area contributed by atoms with Gasteiger partial charge in [-0.1, -0.05) is 53.0 Å². The number of nitrogens with zero attached hydrogens (tertiary/aromatic N) is 2. The topological polar surface area (TPSA) is 139 Å². The van der Waals surface area contributed by atoms with E-state index in [0.29, 0.717) is 10.6 Å². The molecule has 2 aromatic heterocycles. The number of carbonyl (C=O) groups excluding carboxylic acids is 2. The average Bonchev–Trinajstić information content (AvgIpc) is 3.42. The number of halogens is 1. The molecule has 0 amide bonds. The van der Waals surface area contributed by atoms with Gasteiger partial charge in [-0.3, -0.25) is 20.2 Å². The Morgan fingerprint density at radius 3 is 2.12 bits per heavy atom. The van der Waals surface area contributed by atoms with E-state index in [1.165, 1.54) is 29.6 Å². The van der Waals surface area contributed by atoms with Crippen LogP contribution in [0.5, 0.6) is 0 Å². The van der Waals surface area contributed by atoms with Crippen LogP contribution < -0.4 is 0 Å². The number of thiophene rings is 2. The van der Waals surface area contributed by atoms with Crippen molar-refractivity contribution < 1.29 is 28.9 Å². The number of hydrogen-bond acceptors (Lipinski definition) is 11. The maximum absolute atomic E-state index is 11.6. The Labute approximate surface area is 214 Å². The summed E-state index contributed by atoms with van der Waals surface area (Å²) in [7, 11) is 1.26. The number of nitro groups is 2. The van der Waals surface area contributed by atoms with E-state index in [1.807, 2.05) is 30.3 Å². The Morgan fingerprint density at radius 1 is 1.00 bits per heavy atom. The van der Waals surface area contributed by atoms with Crippen LogP contribution in [0.1, 0.15) is 33.2 Å². The van der Waals surface area contributed by atoms with Crippen LogP contribution in [-0.2, 0) is 15.2 Å². The van der Waals surface area contributed by atoms with Gasteiger partial charge in [-0.25, -0.2) is 9.59 Å². The van der Waals surface area contributed by atoms with Crippen molar-refractivity contribution in [3.8, 4) is 0 Å². The van der Waals surface area contributed by atoms with Crippen LogP contribution in [0.4, 0.5) is 10.0 Å². The lowest BCUT2D eigenvalue weighted by atomic mass is 10.2. The molecule has 0 radical (unpaired) electrons. The van der Waals surface area contributed by atoms with E-state index in [4.69, 9.17) is 4.74 Å². The second-order valence-electron chi connectivity index (χ2n) is 6.05. The van der Waals surface area contributed by atoms with Crippen LogP contribution in [0.2, 0.25) is 0 Å². The summed E-state index contributed by atoms with van der Waals surface area (Å²) >= 11 is 6.10. The van der Waals surface area contributed by atoms with Crippen molar-refractivity contribution >= 4 is 72.3 Å². The minimum absolute atomic E-state index is 0.0219. The van der Waals surface area contributed by atoms with Crippen LogP contribution in [-0.4, -0.2) is 35.5 Å². The molecule has 0 atom stereocenters. The molecule has 3 rings (SSSR count). The fraction of sp³-hybridized carbons (Fsp3) is 0.200. The second-order valence-corrected chi connectivity index (χ2v) is 9.55. The quantitative estimate of drug-likeness (QED) is 0.128. The van der Waals surface area contributed by atoms with Crippen molar-refractivity contribution in [3.05, 3.63) is 82.5 Å². The predicted octanol–water partition coefficient (Wildman–Crippen LogP) is 6.33. The zero-order valence-electron chi connectivity index (χ0n) is 17.7. The summed E-state index contributed by atoms with van der Waals surface area (Å²) < 4.78 is 9.56. The Bertz CT molecular complexity index is 1180. The van der Waals surface area contributed by atoms with Gasteiger partial charge in [0.15, 0.2) is 0 Å². The maximum Gasteiger partial charge on any atom is 0.340 e. The van der Waals surface area contributed by atoms with Gasteiger partial charge in [-0.05, 0) is 28.4 Å². The summed E-state index contributed by atoms with van der Waals surface area (Å²) in [6, 6.07) is 9.57. The van der Waals surface area contributed by atoms with Crippen molar-refractivity contribution in [2.45, 2.75) is 17.6 Å². The van der Waals surface area contributed by atoms with Gasteiger partial charge < -0.3 is 9.47 Å². The summed E-state index contributed by atoms with van der Waals surface area (Å²) in [5.74, 6) is -0.545. The van der Waals surface area contributed by atoms with Gasteiger partial charge in [0.1, 0.15) is 9.37 Å². The molecule has 0 saturated carbocycles. The van der Waals surface area contributed by atoms with E-state index in [-0.39, 0.29) is 32.2 Å². The highest BCUT2D eigenvalue weighted by Gasteiger charge is 2.26. The largest absolute Gasteiger partial charge is 0.465 e. The average molecular weight is 589 g/mol. The van der Waals surface area contributed by atoms with Crippen molar-refractivity contribution in [1.82, 2.24) is 0 Å². The zero-order valence-corrected chi connectivity index (χ0v) is 21.8. The van der Waals surface area contributed by atoms with Crippen molar-refractivity contribution in [1.29, 1.82) is 0 Å². The molecule has 14 heteroatoms. The highest BCUT2D eigenvalue weighted by Crippen LogP contribution is 2.40. The van der Waals surface area contributed by atoms with Crippen LogP contribution in [0.25, 0.3) is 0 Å². The lowest BCUT2D eigenvalue weighted by Gasteiger charge is -2.03. The minimum atomic E-state index is -0.552. The van der Waals surface area contributed by atoms with E-state index in [2.05, 4.69) is 20.7 Å². The van der Waals surface area contributed by atoms with Crippen LogP contribution in [0.3, 0.4) is 0 Å². The highest BCUT2D eigenvalue weighted by atomic mass is 79.9. The second kappa shape index (κ2) is 13.2. The molecule has 1 aromatic carbocycles. The first-order valence-corrected chi connectivity index (χ1v) is 12.8. The summed E-state index contributed by atoms with van der Waals surface area (Å²) in [4.78, 5) is 43.7. The van der Waals surface area contributed by atoms with E-state index >= 15 is 0 Å². The monoisotopic (exact) mass is 588 g/mol. The van der Waals surface area contributed by atoms with E-state index in [0.717, 1.165) is 28.2 Å². The number of methoxy groups -OCH3 is 1. The Morgan fingerprint density at radius 2 is 1.59 bits per heavy atom. The van der Waals surface area contributed by atoms with E-state index in [9.17, 15) is 29.8 Å². The molecule has 34 heavy (non-hydrogen) atoms. The third-order valence-corrected chi connectivity index (χ3v) is 8.13. The van der Waals surface area contributed by atoms with Gasteiger partial charge in [0.05, 0.1) is 34.7 Å². The van der Waals surface area contributed by atoms with Crippen molar-refractivity contribution in [3.63, 3.8) is 0 Å². The highest BCUT2D eigenvalue weighted by molar-refractivity contribution is 9.10. The Kier molecular flexibility index (Phi) is 10.6. The normalized spacial score (nSPS) is 10.1. The molecular formula is C20H17BrN2O8S3. The molecule has 0 aliphatic heterocycles. The minimum Gasteiger partial charge on any atom is -0.465 e. The number of ether oxygens (including phenoxy) is 2. The molecule has 10 nitrogen and oxygen atoms in total. The Hall–Kier alpha value is -2.81. The lowest BCUT2D eigenvalue weighted by Crippen LogP contribution is -2.03. The lowest BCUT2D eigenvalue weighted by molar-refractivity contribution is -0.382. The van der Waals surface area contributed by atoms with Crippen LogP contribution in [0, 0.1) is 20.2 Å². The van der Waals surface area contributed by atoms with Gasteiger partial charge in [0, 0.05) is 16.5 Å². The van der Waals surface area contributed by atoms with Crippen LogP contribution in [0.15, 0.2) is 50.5 Å². The summed E-state index contributed by atoms with van der Waals surface area (Å²) in [5, 5.41) is 24.2. The van der Waals surface area contributed by atoms with Gasteiger partial charge >= 0.3 is 21.9 Å². The number of carbonyl (C=O) groups is 2. The molecule has 180 valence electrons. The van der Waals surface area contributed by atoms with Gasteiger partial charge in [0.25, 0.3) is 0 Å². The standard InChI is InChI=1S/C13H11NO4S2.C7H6BrNO4S/c1-18-13(15)10-8-20-12(14(16)17)11(10)19-7-9-5-3-2-4-6-9;1-2-13-7(10)4-3-14-6(5(4)8)9(11)12/h2-6,8H,7H2,1H3;3H,2H2,1H3. The van der Waals surface area contributed by atoms with Gasteiger partial charge in [0.2, 0.25) is 0 Å². The molecule has 0 saturated heterocycles. The number of rotatable bonds is 8. The number of thioether (sulfide) groups is 1. The molecule has 0 spiro atoms. The zero-order chi connectivity index (χ0) is 25.3. The van der Waals surface area contributed by atoms with Gasteiger partial charge in [-0.2, -0.15) is 0 Å². The van der Waals surface area contributed by atoms with Crippen molar-refractivity contribution in [2.75, 3.05) is 13.7 Å².